The van der Waals surface area contributed by atoms with Gasteiger partial charge >= 0.3 is 23.9 Å². The largest absolute Gasteiger partial charge is 0.463 e. The van der Waals surface area contributed by atoms with E-state index in [0.29, 0.717) is 12.0 Å². The molecule has 0 unspecified atom stereocenters. The molecule has 1 heterocycles. The van der Waals surface area contributed by atoms with Crippen LogP contribution in [0.3, 0.4) is 0 Å². The van der Waals surface area contributed by atoms with Gasteiger partial charge in [0, 0.05) is 27.2 Å². The van der Waals surface area contributed by atoms with E-state index in [-0.39, 0.29) is 25.4 Å². The number of carbonyl (C=O) groups excluding carboxylic acids is 5. The molecule has 1 saturated heterocycles. The zero-order chi connectivity index (χ0) is 33.7. The van der Waals surface area contributed by atoms with Crippen LogP contribution in [0.1, 0.15) is 117 Å². The van der Waals surface area contributed by atoms with Crippen LogP contribution in [0.25, 0.3) is 0 Å². The maximum Gasteiger partial charge on any atom is 0.312 e. The molecule has 1 aromatic carbocycles. The molecule has 0 radical (unpaired) electrons. The fourth-order valence-electron chi connectivity index (χ4n) is 5.47. The van der Waals surface area contributed by atoms with E-state index in [4.69, 9.17) is 23.7 Å². The Bertz CT molecular complexity index is 1080. The summed E-state index contributed by atoms with van der Waals surface area (Å²) in [6.45, 7) is 5.38. The Kier molecular flexibility index (Phi) is 18.6. The lowest BCUT2D eigenvalue weighted by Gasteiger charge is -2.44. The van der Waals surface area contributed by atoms with Crippen LogP contribution in [-0.2, 0) is 54.1 Å². The van der Waals surface area contributed by atoms with Gasteiger partial charge < -0.3 is 29.0 Å². The maximum absolute atomic E-state index is 13.1. The zero-order valence-electron chi connectivity index (χ0n) is 28.0. The van der Waals surface area contributed by atoms with E-state index >= 15 is 0 Å². The molecule has 0 saturated carbocycles. The number of benzene rings is 1. The average molecular weight is 648 g/mol. The van der Waals surface area contributed by atoms with Gasteiger partial charge in [0.1, 0.15) is 18.8 Å². The molecular formula is C35H53NO10. The van der Waals surface area contributed by atoms with Gasteiger partial charge in [-0.25, -0.2) is 0 Å². The first kappa shape index (κ1) is 38.7. The second-order valence-electron chi connectivity index (χ2n) is 11.9. The van der Waals surface area contributed by atoms with Gasteiger partial charge in [0.2, 0.25) is 12.2 Å². The Hall–Kier alpha value is -3.47. The van der Waals surface area contributed by atoms with Crippen molar-refractivity contribution < 1.29 is 47.7 Å². The monoisotopic (exact) mass is 647 g/mol. The van der Waals surface area contributed by atoms with Crippen molar-refractivity contribution >= 4 is 29.8 Å². The zero-order valence-corrected chi connectivity index (χ0v) is 28.0. The average Bonchev–Trinajstić information content (AvgIpc) is 2.99. The van der Waals surface area contributed by atoms with E-state index in [0.717, 1.165) is 19.3 Å². The molecule has 2 rings (SSSR count). The number of ether oxygens (including phenoxy) is 5. The van der Waals surface area contributed by atoms with Crippen molar-refractivity contribution in [1.29, 1.82) is 0 Å². The van der Waals surface area contributed by atoms with Gasteiger partial charge in [0.25, 0.3) is 0 Å². The maximum atomic E-state index is 13.1. The molecule has 1 N–H and O–H groups in total. The van der Waals surface area contributed by atoms with E-state index in [1.807, 2.05) is 6.07 Å². The summed E-state index contributed by atoms with van der Waals surface area (Å²) in [5.74, 6) is -3.06. The van der Waals surface area contributed by atoms with Crippen molar-refractivity contribution in [2.24, 2.45) is 0 Å². The number of hydrogen-bond acceptors (Lipinski definition) is 10. The van der Waals surface area contributed by atoms with E-state index in [1.165, 1.54) is 72.1 Å². The van der Waals surface area contributed by atoms with E-state index in [9.17, 15) is 24.0 Å². The summed E-state index contributed by atoms with van der Waals surface area (Å²) in [7, 11) is 0. The van der Waals surface area contributed by atoms with Crippen molar-refractivity contribution in [3.05, 3.63) is 35.9 Å². The molecule has 0 aliphatic carbocycles. The van der Waals surface area contributed by atoms with Crippen LogP contribution >= 0.6 is 0 Å². The van der Waals surface area contributed by atoms with E-state index in [2.05, 4.69) is 12.2 Å². The number of amides is 1. The van der Waals surface area contributed by atoms with Crippen LogP contribution in [0.4, 0.5) is 0 Å². The predicted octanol–water partition coefficient (Wildman–Crippen LogP) is 5.50. The van der Waals surface area contributed by atoms with Gasteiger partial charge in [-0.05, 0) is 12.0 Å². The highest BCUT2D eigenvalue weighted by molar-refractivity contribution is 5.77. The normalized spacial score (nSPS) is 20.7. The summed E-state index contributed by atoms with van der Waals surface area (Å²) < 4.78 is 27.8. The minimum Gasteiger partial charge on any atom is -0.463 e. The van der Waals surface area contributed by atoms with Crippen molar-refractivity contribution in [1.82, 2.24) is 5.32 Å². The Morgan fingerprint density at radius 2 is 1.24 bits per heavy atom. The summed E-state index contributed by atoms with van der Waals surface area (Å²) in [5.41, 5.74) is 0.696. The van der Waals surface area contributed by atoms with Crippen LogP contribution in [0.15, 0.2) is 30.3 Å². The third-order valence-electron chi connectivity index (χ3n) is 7.73. The molecule has 1 aromatic rings. The third-order valence-corrected chi connectivity index (χ3v) is 7.73. The molecule has 0 spiro atoms. The minimum absolute atomic E-state index is 0.0829. The van der Waals surface area contributed by atoms with Crippen LogP contribution in [0.2, 0.25) is 0 Å². The minimum atomic E-state index is -1.43. The molecule has 11 heteroatoms. The topological polar surface area (TPSA) is 144 Å². The van der Waals surface area contributed by atoms with Crippen molar-refractivity contribution in [2.75, 3.05) is 6.61 Å². The fraction of sp³-hybridized carbons (Fsp3) is 0.686. The van der Waals surface area contributed by atoms with Crippen molar-refractivity contribution in [2.45, 2.75) is 148 Å². The predicted molar refractivity (Wildman–Crippen MR) is 170 cm³/mol. The number of esters is 4. The molecule has 1 amide bonds. The summed E-state index contributed by atoms with van der Waals surface area (Å²) in [4.78, 5) is 62.0. The molecule has 46 heavy (non-hydrogen) atoms. The smallest absolute Gasteiger partial charge is 0.312 e. The van der Waals surface area contributed by atoms with E-state index < -0.39 is 54.5 Å². The Balaban J connectivity index is 2.06. The first-order chi connectivity index (χ1) is 22.1. The van der Waals surface area contributed by atoms with Gasteiger partial charge in [-0.15, -0.1) is 0 Å². The Labute approximate surface area is 273 Å². The number of hydrogen-bond donors (Lipinski definition) is 1. The molecule has 1 aliphatic heterocycles. The molecule has 258 valence electrons. The first-order valence-corrected chi connectivity index (χ1v) is 16.8. The van der Waals surface area contributed by atoms with Crippen molar-refractivity contribution in [3.63, 3.8) is 0 Å². The summed E-state index contributed by atoms with van der Waals surface area (Å²) in [6.07, 6.45) is 8.84. The quantitative estimate of drug-likeness (QED) is 0.103. The third kappa shape index (κ3) is 15.7. The highest BCUT2D eigenvalue weighted by Gasteiger charge is 2.52. The lowest BCUT2D eigenvalue weighted by atomic mass is 9.95. The highest BCUT2D eigenvalue weighted by Crippen LogP contribution is 2.28. The van der Waals surface area contributed by atoms with Crippen LogP contribution in [-0.4, -0.2) is 67.0 Å². The SMILES string of the molecule is CCCCCCCCCCCCCCC(=O)N[C@@H]1[C@H](OC(=O)Cc2ccccc2)O[C@H](COC(C)=O)[C@H](OC(C)=O)[C@H]1OC(C)=O. The van der Waals surface area contributed by atoms with Crippen molar-refractivity contribution in [3.8, 4) is 0 Å². The van der Waals surface area contributed by atoms with Gasteiger partial charge in [-0.1, -0.05) is 108 Å². The van der Waals surface area contributed by atoms with Crippen LogP contribution in [0.5, 0.6) is 0 Å². The number of unbranched alkanes of at least 4 members (excludes halogenated alkanes) is 11. The molecule has 0 aromatic heterocycles. The molecule has 1 aliphatic rings. The fourth-order valence-corrected chi connectivity index (χ4v) is 5.47. The van der Waals surface area contributed by atoms with Gasteiger partial charge in [0.05, 0.1) is 6.42 Å². The van der Waals surface area contributed by atoms with Gasteiger partial charge in [-0.3, -0.25) is 24.0 Å². The summed E-state index contributed by atoms with van der Waals surface area (Å²) >= 11 is 0. The highest BCUT2D eigenvalue weighted by atomic mass is 16.7. The second kappa shape index (κ2) is 22.1. The number of nitrogens with one attached hydrogen (secondary N) is 1. The Morgan fingerprint density at radius 1 is 0.696 bits per heavy atom. The summed E-state index contributed by atoms with van der Waals surface area (Å²) in [6, 6.07) is 7.71. The van der Waals surface area contributed by atoms with Crippen LogP contribution in [0, 0.1) is 0 Å². The molecule has 11 nitrogen and oxygen atoms in total. The molecule has 5 atom stereocenters. The lowest BCUT2D eigenvalue weighted by molar-refractivity contribution is -0.271. The standard InChI is InChI=1S/C35H53NO10/c1-5-6-7-8-9-10-11-12-13-14-15-19-22-30(40)36-32-34(44-27(4)39)33(43-26(3)38)29(24-42-25(2)37)45-35(32)46-31(41)23-28-20-17-16-18-21-28/h16-18,20-21,29,32-35H,5-15,19,22-24H2,1-4H3,(H,36,40)/t29-,32+,33+,34+,35+/m1/s1. The molecule has 0 bridgehead atoms. The van der Waals surface area contributed by atoms with Gasteiger partial charge in [-0.2, -0.15) is 0 Å². The van der Waals surface area contributed by atoms with E-state index in [1.54, 1.807) is 24.3 Å². The molecular weight excluding hydrogens is 594 g/mol. The van der Waals surface area contributed by atoms with Crippen LogP contribution < -0.4 is 5.32 Å². The summed E-state index contributed by atoms with van der Waals surface area (Å²) in [5, 5.41) is 2.80. The lowest BCUT2D eigenvalue weighted by Crippen LogP contribution is -2.67. The number of rotatable bonds is 21. The number of carbonyl (C=O) groups is 5. The first-order valence-electron chi connectivity index (χ1n) is 16.8. The van der Waals surface area contributed by atoms with Gasteiger partial charge in [0.15, 0.2) is 12.2 Å². The Morgan fingerprint density at radius 3 is 1.78 bits per heavy atom. The molecule has 1 fully saturated rings. The second-order valence-corrected chi connectivity index (χ2v) is 11.9.